The van der Waals surface area contributed by atoms with Gasteiger partial charge in [-0.3, -0.25) is 4.79 Å². The Kier molecular flexibility index (Phi) is 7.21. The molecule has 138 valence electrons. The smallest absolute Gasteiger partial charge is 0.342 e. The van der Waals surface area contributed by atoms with Gasteiger partial charge in [0.25, 0.3) is 5.91 Å². The lowest BCUT2D eigenvalue weighted by molar-refractivity contribution is -0.119. The van der Waals surface area contributed by atoms with Crippen molar-refractivity contribution in [3.05, 3.63) is 59.7 Å². The van der Waals surface area contributed by atoms with Crippen LogP contribution < -0.4 is 10.1 Å². The minimum absolute atomic E-state index is 0.306. The van der Waals surface area contributed by atoms with E-state index in [4.69, 9.17) is 9.47 Å². The predicted molar refractivity (Wildman–Crippen MR) is 102 cm³/mol. The Hall–Kier alpha value is -2.82. The summed E-state index contributed by atoms with van der Waals surface area (Å²) >= 11 is 0. The summed E-state index contributed by atoms with van der Waals surface area (Å²) < 4.78 is 10.5. The second kappa shape index (κ2) is 9.61. The summed E-state index contributed by atoms with van der Waals surface area (Å²) in [5.41, 5.74) is 2.21. The summed E-state index contributed by atoms with van der Waals surface area (Å²) in [6.07, 6.45) is 1.06. The summed E-state index contributed by atoms with van der Waals surface area (Å²) in [7, 11) is 0. The maximum atomic E-state index is 12.2. The third-order valence-corrected chi connectivity index (χ3v) is 4.12. The Morgan fingerprint density at radius 3 is 2.38 bits per heavy atom. The Morgan fingerprint density at radius 1 is 1.04 bits per heavy atom. The molecule has 26 heavy (non-hydrogen) atoms. The molecule has 0 saturated heterocycles. The zero-order chi connectivity index (χ0) is 18.9. The molecule has 0 heterocycles. The van der Waals surface area contributed by atoms with Crippen molar-refractivity contribution in [1.29, 1.82) is 0 Å². The van der Waals surface area contributed by atoms with Crippen LogP contribution in [0.2, 0.25) is 0 Å². The van der Waals surface area contributed by atoms with E-state index in [1.165, 1.54) is 5.56 Å². The highest BCUT2D eigenvalue weighted by molar-refractivity contribution is 5.96. The van der Waals surface area contributed by atoms with Crippen molar-refractivity contribution in [2.45, 2.75) is 33.1 Å². The van der Waals surface area contributed by atoms with Crippen LogP contribution in [0.5, 0.6) is 5.75 Å². The SMILES string of the molecule is CCOc1ccccc1C(=O)OCC(=O)Nc1ccc([C@@H](C)CC)cc1. The van der Waals surface area contributed by atoms with E-state index >= 15 is 0 Å². The lowest BCUT2D eigenvalue weighted by Crippen LogP contribution is -2.21. The van der Waals surface area contributed by atoms with Crippen LogP contribution in [0, 0.1) is 0 Å². The number of benzene rings is 2. The van der Waals surface area contributed by atoms with Gasteiger partial charge >= 0.3 is 5.97 Å². The number of amides is 1. The zero-order valence-electron chi connectivity index (χ0n) is 15.5. The molecule has 1 atom stereocenters. The first-order valence-corrected chi connectivity index (χ1v) is 8.83. The van der Waals surface area contributed by atoms with Crippen LogP contribution in [0.3, 0.4) is 0 Å². The van der Waals surface area contributed by atoms with Crippen molar-refractivity contribution in [1.82, 2.24) is 0 Å². The summed E-state index contributed by atoms with van der Waals surface area (Å²) in [5.74, 6) is -0.0491. The van der Waals surface area contributed by atoms with Crippen LogP contribution in [0.4, 0.5) is 5.69 Å². The number of anilines is 1. The molecule has 0 aliphatic rings. The van der Waals surface area contributed by atoms with E-state index < -0.39 is 5.97 Å². The number of rotatable bonds is 8. The Labute approximate surface area is 154 Å². The molecule has 0 aliphatic heterocycles. The molecular formula is C21H25NO4. The largest absolute Gasteiger partial charge is 0.493 e. The lowest BCUT2D eigenvalue weighted by atomic mass is 9.99. The van der Waals surface area contributed by atoms with E-state index in [0.717, 1.165) is 6.42 Å². The maximum Gasteiger partial charge on any atom is 0.342 e. The van der Waals surface area contributed by atoms with Gasteiger partial charge in [0.05, 0.1) is 6.61 Å². The van der Waals surface area contributed by atoms with Gasteiger partial charge in [-0.25, -0.2) is 4.79 Å². The molecule has 1 amide bonds. The second-order valence-corrected chi connectivity index (χ2v) is 5.98. The van der Waals surface area contributed by atoms with E-state index in [2.05, 4.69) is 19.2 Å². The van der Waals surface area contributed by atoms with Gasteiger partial charge in [-0.2, -0.15) is 0 Å². The van der Waals surface area contributed by atoms with E-state index in [1.807, 2.05) is 31.2 Å². The minimum atomic E-state index is -0.587. The molecule has 2 aromatic carbocycles. The number of carbonyl (C=O) groups is 2. The zero-order valence-corrected chi connectivity index (χ0v) is 15.5. The fraction of sp³-hybridized carbons (Fsp3) is 0.333. The van der Waals surface area contributed by atoms with Gasteiger partial charge in [0.1, 0.15) is 11.3 Å². The maximum absolute atomic E-state index is 12.2. The first kappa shape index (κ1) is 19.5. The summed E-state index contributed by atoms with van der Waals surface area (Å²) in [6, 6.07) is 14.5. The van der Waals surface area contributed by atoms with Crippen molar-refractivity contribution in [2.24, 2.45) is 0 Å². The van der Waals surface area contributed by atoms with Gasteiger partial charge in [-0.1, -0.05) is 38.1 Å². The number of esters is 1. The van der Waals surface area contributed by atoms with Crippen LogP contribution >= 0.6 is 0 Å². The van der Waals surface area contributed by atoms with Crippen LogP contribution in [0.1, 0.15) is 49.0 Å². The predicted octanol–water partition coefficient (Wildman–Crippen LogP) is 4.39. The van der Waals surface area contributed by atoms with Crippen LogP contribution in [0.15, 0.2) is 48.5 Å². The molecule has 0 bridgehead atoms. The highest BCUT2D eigenvalue weighted by atomic mass is 16.5. The molecule has 0 aromatic heterocycles. The summed E-state index contributed by atoms with van der Waals surface area (Å²) in [5, 5.41) is 2.73. The van der Waals surface area contributed by atoms with Crippen LogP contribution in [-0.2, 0) is 9.53 Å². The molecule has 0 spiro atoms. The molecule has 0 unspecified atom stereocenters. The molecule has 0 saturated carbocycles. The van der Waals surface area contributed by atoms with E-state index in [-0.39, 0.29) is 12.5 Å². The number of hydrogen-bond donors (Lipinski definition) is 1. The normalized spacial score (nSPS) is 11.5. The van der Waals surface area contributed by atoms with Gasteiger partial charge in [0.2, 0.25) is 0 Å². The lowest BCUT2D eigenvalue weighted by Gasteiger charge is -2.11. The van der Waals surface area contributed by atoms with Gasteiger partial charge in [0.15, 0.2) is 6.61 Å². The number of carbonyl (C=O) groups excluding carboxylic acids is 2. The Morgan fingerprint density at radius 2 is 1.73 bits per heavy atom. The summed E-state index contributed by atoms with van der Waals surface area (Å²) in [6.45, 7) is 6.22. The average Bonchev–Trinajstić information content (AvgIpc) is 2.67. The van der Waals surface area contributed by atoms with Crippen molar-refractivity contribution in [2.75, 3.05) is 18.5 Å². The van der Waals surface area contributed by atoms with E-state index in [9.17, 15) is 9.59 Å². The first-order chi connectivity index (χ1) is 12.5. The molecule has 0 aliphatic carbocycles. The van der Waals surface area contributed by atoms with Gasteiger partial charge < -0.3 is 14.8 Å². The monoisotopic (exact) mass is 355 g/mol. The van der Waals surface area contributed by atoms with Gasteiger partial charge in [-0.05, 0) is 49.1 Å². The highest BCUT2D eigenvalue weighted by Gasteiger charge is 2.15. The number of hydrogen-bond acceptors (Lipinski definition) is 4. The van der Waals surface area contributed by atoms with Crippen molar-refractivity contribution < 1.29 is 19.1 Å². The molecule has 1 N–H and O–H groups in total. The van der Waals surface area contributed by atoms with E-state index in [0.29, 0.717) is 29.5 Å². The number of ether oxygens (including phenoxy) is 2. The van der Waals surface area contributed by atoms with Gasteiger partial charge in [0, 0.05) is 5.69 Å². The van der Waals surface area contributed by atoms with E-state index in [1.54, 1.807) is 24.3 Å². The van der Waals surface area contributed by atoms with Crippen LogP contribution in [0.25, 0.3) is 0 Å². The third kappa shape index (κ3) is 5.34. The standard InChI is InChI=1S/C21H25NO4/c1-4-15(3)16-10-12-17(13-11-16)22-20(23)14-26-21(24)18-8-6-7-9-19(18)25-5-2/h6-13,15H,4-5,14H2,1-3H3,(H,22,23)/t15-/m0/s1. The molecule has 5 heteroatoms. The molecular weight excluding hydrogens is 330 g/mol. The molecule has 2 rings (SSSR count). The van der Waals surface area contributed by atoms with Crippen molar-refractivity contribution in [3.63, 3.8) is 0 Å². The van der Waals surface area contributed by atoms with Crippen molar-refractivity contribution >= 4 is 17.6 Å². The Bertz CT molecular complexity index is 740. The first-order valence-electron chi connectivity index (χ1n) is 8.83. The topological polar surface area (TPSA) is 64.6 Å². The summed E-state index contributed by atoms with van der Waals surface area (Å²) in [4.78, 5) is 24.2. The molecule has 2 aromatic rings. The fourth-order valence-corrected chi connectivity index (χ4v) is 2.45. The minimum Gasteiger partial charge on any atom is -0.493 e. The van der Waals surface area contributed by atoms with Crippen LogP contribution in [-0.4, -0.2) is 25.1 Å². The quantitative estimate of drug-likeness (QED) is 0.713. The average molecular weight is 355 g/mol. The van der Waals surface area contributed by atoms with Crippen molar-refractivity contribution in [3.8, 4) is 5.75 Å². The fourth-order valence-electron chi connectivity index (χ4n) is 2.45. The molecule has 0 fully saturated rings. The molecule has 0 radical (unpaired) electrons. The Balaban J connectivity index is 1.89. The van der Waals surface area contributed by atoms with Gasteiger partial charge in [-0.15, -0.1) is 0 Å². The number of para-hydroxylation sites is 1. The number of nitrogens with one attached hydrogen (secondary N) is 1. The highest BCUT2D eigenvalue weighted by Crippen LogP contribution is 2.21. The second-order valence-electron chi connectivity index (χ2n) is 5.98. The third-order valence-electron chi connectivity index (χ3n) is 4.12. The molecule has 5 nitrogen and oxygen atoms in total.